The van der Waals surface area contributed by atoms with Gasteiger partial charge in [-0.1, -0.05) is 31.5 Å². The van der Waals surface area contributed by atoms with Crippen molar-refractivity contribution in [3.05, 3.63) is 34.4 Å². The highest BCUT2D eigenvalue weighted by Crippen LogP contribution is 2.50. The summed E-state index contributed by atoms with van der Waals surface area (Å²) in [5.74, 6) is -1.64. The van der Waals surface area contributed by atoms with E-state index in [2.05, 4.69) is 9.97 Å². The van der Waals surface area contributed by atoms with Gasteiger partial charge in [0, 0.05) is 10.9 Å². The zero-order valence-corrected chi connectivity index (χ0v) is 24.3. The number of halogens is 3. The molecule has 3 heterocycles. The number of nitrogens with zero attached hydrogens (tertiary/aromatic N) is 4. The zero-order chi connectivity index (χ0) is 29.6. The first kappa shape index (κ1) is 28.6. The average Bonchev–Trinajstić information content (AvgIpc) is 3.16. The number of ether oxygens (including phenoxy) is 3. The monoisotopic (exact) mass is 601 g/mol. The van der Waals surface area contributed by atoms with Crippen LogP contribution in [-0.2, 0) is 9.53 Å². The van der Waals surface area contributed by atoms with Crippen LogP contribution < -0.4 is 20.1 Å². The largest absolute Gasteiger partial charge is 0.489 e. The predicted molar refractivity (Wildman–Crippen MR) is 154 cm³/mol. The van der Waals surface area contributed by atoms with Gasteiger partial charge < -0.3 is 24.8 Å². The summed E-state index contributed by atoms with van der Waals surface area (Å²) in [4.78, 5) is 22.9. The fourth-order valence-electron chi connectivity index (χ4n) is 4.76. The molecule has 13 heteroatoms. The molecule has 1 unspecified atom stereocenters. The second-order valence-electron chi connectivity index (χ2n) is 9.75. The van der Waals surface area contributed by atoms with Crippen LogP contribution in [0.5, 0.6) is 11.8 Å². The van der Waals surface area contributed by atoms with Crippen molar-refractivity contribution in [3.63, 3.8) is 0 Å². The van der Waals surface area contributed by atoms with Gasteiger partial charge >= 0.3 is 12.0 Å². The number of benzene rings is 2. The maximum Gasteiger partial charge on any atom is 0.319 e. The molecule has 1 aliphatic rings. The van der Waals surface area contributed by atoms with Crippen molar-refractivity contribution in [2.45, 2.75) is 33.7 Å². The molecule has 0 fully saturated rings. The van der Waals surface area contributed by atoms with E-state index in [1.807, 2.05) is 17.9 Å². The van der Waals surface area contributed by atoms with Crippen LogP contribution in [-0.4, -0.2) is 48.3 Å². The number of carbonyl (C=O) groups is 1. The highest BCUT2D eigenvalue weighted by atomic mass is 35.5. The Morgan fingerprint density at radius 3 is 2.73 bits per heavy atom. The number of anilines is 2. The lowest BCUT2D eigenvalue weighted by Crippen LogP contribution is -2.40. The first-order valence-electron chi connectivity index (χ1n) is 12.9. The van der Waals surface area contributed by atoms with E-state index in [0.29, 0.717) is 12.4 Å². The van der Waals surface area contributed by atoms with Crippen LogP contribution in [0.3, 0.4) is 0 Å². The Balaban J connectivity index is 1.78. The molecule has 2 aromatic heterocycles. The van der Waals surface area contributed by atoms with Crippen molar-refractivity contribution in [1.82, 2.24) is 9.97 Å². The molecular weight excluding hydrogens is 576 g/mol. The Morgan fingerprint density at radius 2 is 2.05 bits per heavy atom. The number of rotatable bonds is 7. The van der Waals surface area contributed by atoms with Gasteiger partial charge in [0.05, 0.1) is 45.8 Å². The Hall–Kier alpha value is -3.95. The molecule has 2 N–H and O–H groups in total. The summed E-state index contributed by atoms with van der Waals surface area (Å²) >= 11 is 7.77. The second kappa shape index (κ2) is 11.1. The number of carbonyl (C=O) groups excluding carboxylic acids is 1. The molecule has 0 saturated carbocycles. The van der Waals surface area contributed by atoms with Crippen LogP contribution in [0.2, 0.25) is 5.02 Å². The number of nitrogen functional groups attached to an aromatic ring is 1. The molecule has 0 amide bonds. The van der Waals surface area contributed by atoms with E-state index in [4.69, 9.17) is 31.5 Å². The summed E-state index contributed by atoms with van der Waals surface area (Å²) in [6, 6.07) is 4.08. The lowest BCUT2D eigenvalue weighted by atomic mass is 9.96. The minimum atomic E-state index is -0.829. The maximum atomic E-state index is 16.7. The first-order chi connectivity index (χ1) is 19.6. The van der Waals surface area contributed by atoms with Gasteiger partial charge in [-0.3, -0.25) is 4.79 Å². The van der Waals surface area contributed by atoms with Crippen LogP contribution in [0.1, 0.15) is 33.3 Å². The van der Waals surface area contributed by atoms with Gasteiger partial charge in [0.2, 0.25) is 0 Å². The minimum absolute atomic E-state index is 0.0242. The Labute approximate surface area is 243 Å². The van der Waals surface area contributed by atoms with Gasteiger partial charge in [0.25, 0.3) is 0 Å². The van der Waals surface area contributed by atoms with Crippen LogP contribution >= 0.6 is 22.9 Å². The van der Waals surface area contributed by atoms with Crippen LogP contribution in [0.15, 0.2) is 12.1 Å². The predicted octanol–water partition coefficient (Wildman–Crippen LogP) is 6.08. The number of nitriles is 1. The van der Waals surface area contributed by atoms with E-state index in [1.54, 1.807) is 20.8 Å². The number of thiophene rings is 1. The molecule has 214 valence electrons. The third-order valence-electron chi connectivity index (χ3n) is 6.74. The maximum absolute atomic E-state index is 16.7. The van der Waals surface area contributed by atoms with Gasteiger partial charge in [-0.15, -0.1) is 11.3 Å². The highest BCUT2D eigenvalue weighted by Gasteiger charge is 2.33. The van der Waals surface area contributed by atoms with Crippen molar-refractivity contribution < 1.29 is 27.8 Å². The van der Waals surface area contributed by atoms with Gasteiger partial charge in [-0.25, -0.2) is 8.78 Å². The summed E-state index contributed by atoms with van der Waals surface area (Å²) in [5.41, 5.74) is 5.95. The Kier molecular flexibility index (Phi) is 7.76. The summed E-state index contributed by atoms with van der Waals surface area (Å²) in [5, 5.41) is 10.1. The van der Waals surface area contributed by atoms with E-state index in [1.165, 1.54) is 12.1 Å². The zero-order valence-electron chi connectivity index (χ0n) is 22.7. The number of nitrogens with two attached hydrogens (primary N) is 1. The van der Waals surface area contributed by atoms with Gasteiger partial charge in [-0.2, -0.15) is 15.2 Å². The quantitative estimate of drug-likeness (QED) is 0.251. The number of hydrogen-bond acceptors (Lipinski definition) is 10. The van der Waals surface area contributed by atoms with Crippen LogP contribution in [0.4, 0.5) is 19.6 Å². The molecule has 1 aliphatic heterocycles. The van der Waals surface area contributed by atoms with E-state index in [-0.39, 0.29) is 97.2 Å². The van der Waals surface area contributed by atoms with Crippen molar-refractivity contribution in [2.75, 3.05) is 37.0 Å². The first-order valence-corrected chi connectivity index (χ1v) is 14.1. The number of esters is 1. The molecule has 0 aliphatic carbocycles. The molecule has 4 aromatic rings. The molecule has 0 saturated heterocycles. The number of hydrogen-bond donors (Lipinski definition) is 1. The molecule has 5 rings (SSSR count). The SMILES string of the molecule is CCOc1nc2c3c(c(Cl)c(-c4ccc(F)c5sc(N)c(C#N)c45)c(F)c3n1)OCCN2C(C)COC(=O)C(C)C. The average molecular weight is 602 g/mol. The minimum Gasteiger partial charge on any atom is -0.489 e. The topological polar surface area (TPSA) is 124 Å². The molecular formula is C28H26ClF2N5O4S. The van der Waals surface area contributed by atoms with Crippen molar-refractivity contribution in [2.24, 2.45) is 5.92 Å². The molecule has 0 bridgehead atoms. The van der Waals surface area contributed by atoms with E-state index < -0.39 is 11.6 Å². The molecule has 0 spiro atoms. The number of fused-ring (bicyclic) bond motifs is 1. The smallest absolute Gasteiger partial charge is 0.319 e. The second-order valence-corrected chi connectivity index (χ2v) is 11.2. The Morgan fingerprint density at radius 1 is 1.29 bits per heavy atom. The lowest BCUT2D eigenvalue weighted by Gasteiger charge is -2.29. The summed E-state index contributed by atoms with van der Waals surface area (Å²) in [6.45, 7) is 7.79. The molecule has 2 aromatic carbocycles. The van der Waals surface area contributed by atoms with Gasteiger partial charge in [-0.05, 0) is 25.5 Å². The highest BCUT2D eigenvalue weighted by molar-refractivity contribution is 7.23. The fraction of sp³-hybridized carbons (Fsp3) is 0.357. The third-order valence-corrected chi connectivity index (χ3v) is 8.12. The summed E-state index contributed by atoms with van der Waals surface area (Å²) in [7, 11) is 0. The molecule has 0 radical (unpaired) electrons. The Bertz CT molecular complexity index is 1740. The van der Waals surface area contributed by atoms with Crippen molar-refractivity contribution in [1.29, 1.82) is 5.26 Å². The van der Waals surface area contributed by atoms with Crippen LogP contribution in [0, 0.1) is 28.9 Å². The van der Waals surface area contributed by atoms with Crippen LogP contribution in [0.25, 0.3) is 32.1 Å². The lowest BCUT2D eigenvalue weighted by molar-refractivity contribution is -0.147. The standard InChI is InChI=1S/C28H26ClF2N5O4S/c1-5-38-28-34-22-19-23(39-9-8-36(26(19)35-28)13(4)11-40-27(37)12(2)3)20(29)18(21(22)31)14-6-7-16(30)24-17(14)15(10-32)25(33)41-24/h6-7,12-13H,5,8-9,11,33H2,1-4H3. The third kappa shape index (κ3) is 4.83. The van der Waals surface area contributed by atoms with E-state index in [0.717, 1.165) is 11.3 Å². The van der Waals surface area contributed by atoms with Gasteiger partial charge in [0.1, 0.15) is 41.4 Å². The molecule has 41 heavy (non-hydrogen) atoms. The molecule has 1 atom stereocenters. The van der Waals surface area contributed by atoms with Crippen molar-refractivity contribution in [3.8, 4) is 29.0 Å². The van der Waals surface area contributed by atoms with Crippen molar-refractivity contribution >= 4 is 60.7 Å². The normalized spacial score (nSPS) is 13.7. The van der Waals surface area contributed by atoms with Gasteiger partial charge in [0.15, 0.2) is 11.6 Å². The van der Waals surface area contributed by atoms with E-state index >= 15 is 4.39 Å². The number of aromatic nitrogens is 2. The summed E-state index contributed by atoms with van der Waals surface area (Å²) in [6.07, 6.45) is 0. The van der Waals surface area contributed by atoms with E-state index in [9.17, 15) is 14.4 Å². The fourth-order valence-corrected chi connectivity index (χ4v) is 6.04. The molecule has 9 nitrogen and oxygen atoms in total. The summed E-state index contributed by atoms with van der Waals surface area (Å²) < 4.78 is 48.6.